The Hall–Kier alpha value is -1.04. The van der Waals surface area contributed by atoms with Crippen LogP contribution in [0, 0.1) is 0 Å². The molecular weight excluding hydrogens is 268 g/mol. The molecule has 0 amide bonds. The fourth-order valence-electron chi connectivity index (χ4n) is 1.53. The van der Waals surface area contributed by atoms with Gasteiger partial charge in [0.25, 0.3) is 0 Å². The van der Waals surface area contributed by atoms with Crippen molar-refractivity contribution in [3.05, 3.63) is 41.4 Å². The van der Waals surface area contributed by atoms with Crippen molar-refractivity contribution in [2.24, 2.45) is 12.8 Å². The van der Waals surface area contributed by atoms with Crippen LogP contribution in [-0.4, -0.2) is 26.6 Å². The lowest BCUT2D eigenvalue weighted by atomic mass is 10.2. The van der Waals surface area contributed by atoms with E-state index >= 15 is 0 Å². The standard InChI is InChI=1S/C12H15ClN4S/c1-17-12(15-8-16-17)6-10(14)7-18-11-4-2-9(13)3-5-11/h2-5,8,10H,6-7,14H2,1H3. The van der Waals surface area contributed by atoms with Crippen molar-refractivity contribution in [2.45, 2.75) is 17.4 Å². The first-order chi connectivity index (χ1) is 8.65. The second-order valence-corrected chi connectivity index (χ2v) is 5.56. The highest BCUT2D eigenvalue weighted by atomic mass is 35.5. The van der Waals surface area contributed by atoms with Crippen molar-refractivity contribution in [1.82, 2.24) is 14.8 Å². The van der Waals surface area contributed by atoms with Crippen molar-refractivity contribution in [3.63, 3.8) is 0 Å². The number of aryl methyl sites for hydroxylation is 1. The first-order valence-electron chi connectivity index (χ1n) is 5.62. The molecule has 0 radical (unpaired) electrons. The smallest absolute Gasteiger partial charge is 0.138 e. The van der Waals surface area contributed by atoms with E-state index in [0.29, 0.717) is 0 Å². The van der Waals surface area contributed by atoms with E-state index in [1.807, 2.05) is 31.3 Å². The minimum atomic E-state index is 0.0635. The number of nitrogens with zero attached hydrogens (tertiary/aromatic N) is 3. The molecule has 1 heterocycles. The van der Waals surface area contributed by atoms with Gasteiger partial charge in [0.2, 0.25) is 0 Å². The Labute approximate surface area is 116 Å². The summed E-state index contributed by atoms with van der Waals surface area (Å²) in [4.78, 5) is 5.34. The zero-order valence-corrected chi connectivity index (χ0v) is 11.7. The highest BCUT2D eigenvalue weighted by Crippen LogP contribution is 2.21. The number of hydrogen-bond donors (Lipinski definition) is 1. The first kappa shape index (κ1) is 13.4. The fourth-order valence-corrected chi connectivity index (χ4v) is 2.51. The number of aromatic nitrogens is 3. The van der Waals surface area contributed by atoms with Gasteiger partial charge < -0.3 is 5.73 Å². The molecule has 0 spiro atoms. The number of rotatable bonds is 5. The highest BCUT2D eigenvalue weighted by molar-refractivity contribution is 7.99. The lowest BCUT2D eigenvalue weighted by Crippen LogP contribution is -2.27. The molecule has 0 aliphatic carbocycles. The molecule has 6 heteroatoms. The van der Waals surface area contributed by atoms with Gasteiger partial charge in [0.15, 0.2) is 0 Å². The van der Waals surface area contributed by atoms with Crippen molar-refractivity contribution in [3.8, 4) is 0 Å². The van der Waals surface area contributed by atoms with Gasteiger partial charge in [-0.05, 0) is 24.3 Å². The molecule has 1 atom stereocenters. The fraction of sp³-hybridized carbons (Fsp3) is 0.333. The van der Waals surface area contributed by atoms with Gasteiger partial charge in [0.05, 0.1) is 0 Å². The molecule has 1 aromatic heterocycles. The molecule has 1 aromatic carbocycles. The van der Waals surface area contributed by atoms with Crippen LogP contribution in [0.4, 0.5) is 0 Å². The summed E-state index contributed by atoms with van der Waals surface area (Å²) in [6.07, 6.45) is 2.28. The quantitative estimate of drug-likeness (QED) is 0.854. The molecule has 96 valence electrons. The molecule has 2 N–H and O–H groups in total. The summed E-state index contributed by atoms with van der Waals surface area (Å²) in [5.74, 6) is 1.76. The van der Waals surface area contributed by atoms with E-state index in [4.69, 9.17) is 17.3 Å². The van der Waals surface area contributed by atoms with Gasteiger partial charge in [-0.25, -0.2) is 4.98 Å². The molecule has 18 heavy (non-hydrogen) atoms. The average molecular weight is 283 g/mol. The van der Waals surface area contributed by atoms with E-state index in [2.05, 4.69) is 10.1 Å². The minimum absolute atomic E-state index is 0.0635. The van der Waals surface area contributed by atoms with Gasteiger partial charge in [-0.1, -0.05) is 11.6 Å². The normalized spacial score (nSPS) is 12.6. The number of nitrogens with two attached hydrogens (primary N) is 1. The van der Waals surface area contributed by atoms with Gasteiger partial charge >= 0.3 is 0 Å². The van der Waals surface area contributed by atoms with Crippen LogP contribution in [0.1, 0.15) is 5.82 Å². The maximum absolute atomic E-state index is 6.08. The molecule has 1 unspecified atom stereocenters. The molecule has 0 aliphatic rings. The van der Waals surface area contributed by atoms with Crippen LogP contribution in [0.5, 0.6) is 0 Å². The molecular formula is C12H15ClN4S. The molecule has 2 aromatic rings. The number of hydrogen-bond acceptors (Lipinski definition) is 4. The van der Waals surface area contributed by atoms with Crippen LogP contribution in [-0.2, 0) is 13.5 Å². The van der Waals surface area contributed by atoms with Crippen molar-refractivity contribution in [2.75, 3.05) is 5.75 Å². The SMILES string of the molecule is Cn1ncnc1CC(N)CSc1ccc(Cl)cc1. The average Bonchev–Trinajstić information content (AvgIpc) is 2.74. The van der Waals surface area contributed by atoms with Crippen LogP contribution >= 0.6 is 23.4 Å². The molecule has 0 aliphatic heterocycles. The number of thioether (sulfide) groups is 1. The molecule has 0 bridgehead atoms. The Balaban J connectivity index is 1.83. The van der Waals surface area contributed by atoms with Crippen molar-refractivity contribution in [1.29, 1.82) is 0 Å². The first-order valence-corrected chi connectivity index (χ1v) is 6.98. The van der Waals surface area contributed by atoms with E-state index in [1.54, 1.807) is 22.8 Å². The summed E-state index contributed by atoms with van der Waals surface area (Å²) in [6.45, 7) is 0. The van der Waals surface area contributed by atoms with E-state index in [1.165, 1.54) is 4.90 Å². The van der Waals surface area contributed by atoms with Crippen LogP contribution in [0.15, 0.2) is 35.5 Å². The third-order valence-corrected chi connectivity index (χ3v) is 3.98. The summed E-state index contributed by atoms with van der Waals surface area (Å²) < 4.78 is 1.76. The lowest BCUT2D eigenvalue weighted by molar-refractivity contribution is 0.643. The highest BCUT2D eigenvalue weighted by Gasteiger charge is 2.09. The Kier molecular flexibility index (Phi) is 4.63. The van der Waals surface area contributed by atoms with Crippen molar-refractivity contribution < 1.29 is 0 Å². The van der Waals surface area contributed by atoms with Gasteiger partial charge in [-0.3, -0.25) is 4.68 Å². The molecule has 2 rings (SSSR count). The number of benzene rings is 1. The zero-order chi connectivity index (χ0) is 13.0. The van der Waals surface area contributed by atoms with E-state index in [9.17, 15) is 0 Å². The van der Waals surface area contributed by atoms with E-state index in [-0.39, 0.29) is 6.04 Å². The second kappa shape index (κ2) is 6.22. The Bertz CT molecular complexity index is 497. The van der Waals surface area contributed by atoms with Gasteiger partial charge in [0, 0.05) is 35.2 Å². The van der Waals surface area contributed by atoms with Gasteiger partial charge in [0.1, 0.15) is 12.2 Å². The minimum Gasteiger partial charge on any atom is -0.327 e. The Morgan fingerprint density at radius 2 is 2.11 bits per heavy atom. The lowest BCUT2D eigenvalue weighted by Gasteiger charge is -2.10. The summed E-state index contributed by atoms with van der Waals surface area (Å²) in [5.41, 5.74) is 6.08. The monoisotopic (exact) mass is 282 g/mol. The maximum Gasteiger partial charge on any atom is 0.138 e. The molecule has 0 saturated carbocycles. The van der Waals surface area contributed by atoms with Crippen LogP contribution in [0.3, 0.4) is 0 Å². The topological polar surface area (TPSA) is 56.7 Å². The van der Waals surface area contributed by atoms with Crippen LogP contribution in [0.2, 0.25) is 5.02 Å². The third-order valence-electron chi connectivity index (χ3n) is 2.53. The van der Waals surface area contributed by atoms with Crippen molar-refractivity contribution >= 4 is 23.4 Å². The van der Waals surface area contributed by atoms with Gasteiger partial charge in [-0.15, -0.1) is 11.8 Å². The summed E-state index contributed by atoms with van der Waals surface area (Å²) in [5, 5.41) is 4.78. The van der Waals surface area contributed by atoms with Gasteiger partial charge in [-0.2, -0.15) is 5.10 Å². The molecule has 4 nitrogen and oxygen atoms in total. The summed E-state index contributed by atoms with van der Waals surface area (Å²) >= 11 is 7.56. The number of halogens is 1. The summed E-state index contributed by atoms with van der Waals surface area (Å²) in [7, 11) is 1.88. The van der Waals surface area contributed by atoms with E-state index < -0.39 is 0 Å². The maximum atomic E-state index is 6.08. The third kappa shape index (κ3) is 3.73. The second-order valence-electron chi connectivity index (χ2n) is 4.03. The Morgan fingerprint density at radius 3 is 2.72 bits per heavy atom. The largest absolute Gasteiger partial charge is 0.327 e. The van der Waals surface area contributed by atoms with E-state index in [0.717, 1.165) is 23.0 Å². The predicted molar refractivity (Wildman–Crippen MR) is 74.9 cm³/mol. The Morgan fingerprint density at radius 1 is 1.39 bits per heavy atom. The summed E-state index contributed by atoms with van der Waals surface area (Å²) in [6, 6.07) is 7.84. The van der Waals surface area contributed by atoms with Crippen LogP contribution < -0.4 is 5.73 Å². The predicted octanol–water partition coefficient (Wildman–Crippen LogP) is 2.13. The molecule has 0 saturated heterocycles. The van der Waals surface area contributed by atoms with Crippen LogP contribution in [0.25, 0.3) is 0 Å². The zero-order valence-electron chi connectivity index (χ0n) is 10.1. The molecule has 0 fully saturated rings.